The molecule has 0 unspecified atom stereocenters. The third-order valence-electron chi connectivity index (χ3n) is 17.1. The van der Waals surface area contributed by atoms with E-state index in [2.05, 4.69) is 271 Å². The molecule has 0 fully saturated rings. The Morgan fingerprint density at radius 1 is 0.316 bits per heavy atom. The lowest BCUT2D eigenvalue weighted by molar-refractivity contribution is 1.13. The lowest BCUT2D eigenvalue weighted by Gasteiger charge is -2.36. The Hall–Kier alpha value is -9.64. The van der Waals surface area contributed by atoms with Crippen molar-refractivity contribution in [3.63, 3.8) is 0 Å². The van der Waals surface area contributed by atoms with E-state index in [0.717, 1.165) is 17.1 Å². The van der Waals surface area contributed by atoms with Gasteiger partial charge in [-0.05, 0) is 144 Å². The Morgan fingerprint density at radius 2 is 0.671 bits per heavy atom. The molecule has 2 aromatic heterocycles. The number of nitrogens with zero attached hydrogens (tertiary/aromatic N) is 3. The van der Waals surface area contributed by atoms with E-state index in [1.54, 1.807) is 0 Å². The SMILES string of the molecule is Cc1ccc(-c2ccc(N(c3ccc(-c4ccc(C)cc4)cc3)c3cc4c5c(c3)-n3c6ccc7ccccc7c6c6c7ccccc7cc(c63)B5c3cc5ccccc5c5c6c7ccccc7ccc6n-4c35)cc2)cc1. The maximum atomic E-state index is 2.65. The van der Waals surface area contributed by atoms with Crippen LogP contribution in [0, 0.1) is 13.8 Å². The fraction of sp³-hybridized carbons (Fsp3) is 0.0278. The predicted octanol–water partition coefficient (Wildman–Crippen LogP) is 17.1. The van der Waals surface area contributed by atoms with Crippen LogP contribution in [0.5, 0.6) is 0 Å². The summed E-state index contributed by atoms with van der Waals surface area (Å²) in [6, 6.07) is 91.8. The number of hydrogen-bond acceptors (Lipinski definition) is 1. The molecule has 15 aromatic rings. The summed E-state index contributed by atoms with van der Waals surface area (Å²) in [5, 5.41) is 15.4. The second-order valence-electron chi connectivity index (χ2n) is 21.3. The van der Waals surface area contributed by atoms with Crippen LogP contribution in [0.2, 0.25) is 0 Å². The highest BCUT2D eigenvalue weighted by Gasteiger charge is 2.43. The molecule has 13 aromatic carbocycles. The molecule has 4 heteroatoms. The fourth-order valence-corrected chi connectivity index (χ4v) is 13.7. The number of rotatable bonds is 5. The van der Waals surface area contributed by atoms with Gasteiger partial charge >= 0.3 is 0 Å². The molecule has 0 amide bonds. The molecule has 0 saturated carbocycles. The van der Waals surface area contributed by atoms with Gasteiger partial charge in [-0.1, -0.05) is 205 Å². The van der Waals surface area contributed by atoms with Gasteiger partial charge in [0.2, 0.25) is 0 Å². The van der Waals surface area contributed by atoms with E-state index in [4.69, 9.17) is 0 Å². The van der Waals surface area contributed by atoms with Gasteiger partial charge in [0.15, 0.2) is 0 Å². The van der Waals surface area contributed by atoms with Crippen LogP contribution < -0.4 is 21.3 Å². The highest BCUT2D eigenvalue weighted by atomic mass is 15.2. The zero-order valence-electron chi connectivity index (χ0n) is 42.0. The summed E-state index contributed by atoms with van der Waals surface area (Å²) in [6.07, 6.45) is 0. The van der Waals surface area contributed by atoms with Gasteiger partial charge in [0.25, 0.3) is 6.71 Å². The summed E-state index contributed by atoms with van der Waals surface area (Å²) < 4.78 is 5.31. The van der Waals surface area contributed by atoms with Gasteiger partial charge in [0.1, 0.15) is 0 Å². The van der Waals surface area contributed by atoms with Crippen LogP contribution >= 0.6 is 0 Å². The molecule has 0 atom stereocenters. The molecular weight excluding hydrogens is 918 g/mol. The van der Waals surface area contributed by atoms with Gasteiger partial charge in [-0.3, -0.25) is 0 Å². The number of benzene rings is 13. The average Bonchev–Trinajstić information content (AvgIpc) is 4.21. The number of hydrogen-bond donors (Lipinski definition) is 0. The predicted molar refractivity (Wildman–Crippen MR) is 325 cm³/mol. The average molecular weight is 964 g/mol. The number of aryl methyl sites for hydroxylation is 2. The summed E-state index contributed by atoms with van der Waals surface area (Å²) in [7, 11) is 0. The van der Waals surface area contributed by atoms with Gasteiger partial charge in [0.05, 0.1) is 27.8 Å². The lowest BCUT2D eigenvalue weighted by atomic mass is 9.34. The third kappa shape index (κ3) is 5.73. The lowest BCUT2D eigenvalue weighted by Crippen LogP contribution is -2.59. The normalized spacial score (nSPS) is 12.6. The van der Waals surface area contributed by atoms with E-state index < -0.39 is 0 Å². The molecule has 17 rings (SSSR count). The molecule has 2 aliphatic heterocycles. The summed E-state index contributed by atoms with van der Waals surface area (Å²) >= 11 is 0. The second-order valence-corrected chi connectivity index (χ2v) is 21.3. The summed E-state index contributed by atoms with van der Waals surface area (Å²) in [5.41, 5.74) is 22.1. The molecule has 0 aliphatic carbocycles. The van der Waals surface area contributed by atoms with Crippen molar-refractivity contribution in [3.05, 3.63) is 254 Å². The number of fused-ring (bicyclic) bond motifs is 18. The van der Waals surface area contributed by atoms with Crippen LogP contribution in [0.3, 0.4) is 0 Å². The highest BCUT2D eigenvalue weighted by molar-refractivity contribution is 7.00. The van der Waals surface area contributed by atoms with Gasteiger partial charge < -0.3 is 14.0 Å². The maximum Gasteiger partial charge on any atom is 0.252 e. The first kappa shape index (κ1) is 41.8. The zero-order valence-corrected chi connectivity index (χ0v) is 42.0. The largest absolute Gasteiger partial charge is 0.310 e. The quantitative estimate of drug-likeness (QED) is 0.157. The van der Waals surface area contributed by atoms with Gasteiger partial charge in [-0.2, -0.15) is 0 Å². The molecule has 76 heavy (non-hydrogen) atoms. The monoisotopic (exact) mass is 963 g/mol. The van der Waals surface area contributed by atoms with Crippen molar-refractivity contribution in [2.45, 2.75) is 13.8 Å². The smallest absolute Gasteiger partial charge is 0.252 e. The minimum Gasteiger partial charge on any atom is -0.310 e. The first-order chi connectivity index (χ1) is 37.5. The molecule has 2 aliphatic rings. The van der Waals surface area contributed by atoms with E-state index in [1.807, 2.05) is 0 Å². The summed E-state index contributed by atoms with van der Waals surface area (Å²) in [4.78, 5) is 2.49. The second kappa shape index (κ2) is 15.5. The first-order valence-electron chi connectivity index (χ1n) is 26.6. The van der Waals surface area contributed by atoms with Crippen molar-refractivity contribution >= 4 is 127 Å². The van der Waals surface area contributed by atoms with Crippen molar-refractivity contribution in [2.75, 3.05) is 4.90 Å². The molecule has 0 N–H and O–H groups in total. The number of aromatic nitrogens is 2. The minimum absolute atomic E-state index is 0.0551. The molecule has 352 valence electrons. The molecule has 0 saturated heterocycles. The highest BCUT2D eigenvalue weighted by Crippen LogP contribution is 2.48. The summed E-state index contributed by atoms with van der Waals surface area (Å²) in [6.45, 7) is 4.25. The maximum absolute atomic E-state index is 2.65. The molecule has 0 bridgehead atoms. The Balaban J connectivity index is 1.04. The van der Waals surface area contributed by atoms with E-state index in [1.165, 1.54) is 148 Å². The van der Waals surface area contributed by atoms with Crippen LogP contribution in [0.15, 0.2) is 243 Å². The Labute approximate surface area is 439 Å². The molecule has 3 nitrogen and oxygen atoms in total. The van der Waals surface area contributed by atoms with Crippen molar-refractivity contribution < 1.29 is 0 Å². The van der Waals surface area contributed by atoms with E-state index in [0.29, 0.717) is 0 Å². The molecular formula is C72H46BN3. The van der Waals surface area contributed by atoms with Crippen LogP contribution in [0.25, 0.3) is 120 Å². The first-order valence-corrected chi connectivity index (χ1v) is 26.6. The van der Waals surface area contributed by atoms with Gasteiger partial charge in [-0.15, -0.1) is 0 Å². The summed E-state index contributed by atoms with van der Waals surface area (Å²) in [5.74, 6) is 0. The Kier molecular flexibility index (Phi) is 8.50. The van der Waals surface area contributed by atoms with Crippen LogP contribution in [0.1, 0.15) is 11.1 Å². The molecule has 0 radical (unpaired) electrons. The van der Waals surface area contributed by atoms with Gasteiger partial charge in [-0.25, -0.2) is 0 Å². The standard InChI is InChI=1S/C72H46BN3/c1-43-19-23-45(24-20-43)47-27-33-53(34-28-47)74(54-35-29-48(30-36-54)46-25-21-44(2)22-26-46)55-41-64-70-65(42-55)76-63-38-32-50-12-4-8-16-57(50)67(63)69-59-18-10-6-14-52(59)40-61(72(69)76)73(70)60-39-51-13-5-9-17-58(51)68-66-56-15-7-3-11-49(56)31-37-62(66)75(64)71(60)68/h3-42H,1-2H3. The third-order valence-corrected chi connectivity index (χ3v) is 17.1. The topological polar surface area (TPSA) is 13.1 Å². The van der Waals surface area contributed by atoms with E-state index in [-0.39, 0.29) is 6.71 Å². The fourth-order valence-electron chi connectivity index (χ4n) is 13.7. The molecule has 4 heterocycles. The minimum atomic E-state index is -0.0551. The van der Waals surface area contributed by atoms with Crippen molar-refractivity contribution in [1.29, 1.82) is 0 Å². The number of anilines is 3. The van der Waals surface area contributed by atoms with Gasteiger partial charge in [0, 0.05) is 44.3 Å². The van der Waals surface area contributed by atoms with Crippen LogP contribution in [-0.2, 0) is 0 Å². The van der Waals surface area contributed by atoms with Crippen molar-refractivity contribution in [3.8, 4) is 33.6 Å². The Morgan fingerprint density at radius 3 is 1.08 bits per heavy atom. The van der Waals surface area contributed by atoms with Crippen LogP contribution in [-0.4, -0.2) is 15.8 Å². The Bertz CT molecular complexity index is 4670. The van der Waals surface area contributed by atoms with Crippen molar-refractivity contribution in [1.82, 2.24) is 9.13 Å². The van der Waals surface area contributed by atoms with Crippen molar-refractivity contribution in [2.24, 2.45) is 0 Å². The molecule has 0 spiro atoms. The van der Waals surface area contributed by atoms with E-state index in [9.17, 15) is 0 Å². The van der Waals surface area contributed by atoms with Crippen LogP contribution in [0.4, 0.5) is 17.1 Å². The zero-order chi connectivity index (χ0) is 49.9. The van der Waals surface area contributed by atoms with E-state index >= 15 is 0 Å².